The van der Waals surface area contributed by atoms with E-state index in [9.17, 15) is 4.79 Å². The minimum absolute atomic E-state index is 0.523. The van der Waals surface area contributed by atoms with Crippen molar-refractivity contribution in [1.29, 1.82) is 0 Å². The van der Waals surface area contributed by atoms with Crippen LogP contribution in [0.2, 0.25) is 0 Å². The first-order valence-corrected chi connectivity index (χ1v) is 6.75. The number of hydrogen-bond donors (Lipinski definition) is 1. The molecule has 3 rings (SSSR count). The molecule has 0 spiro atoms. The Morgan fingerprint density at radius 3 is 3.18 bits per heavy atom. The molecule has 1 aliphatic rings. The van der Waals surface area contributed by atoms with Crippen LogP contribution in [-0.4, -0.2) is 24.4 Å². The van der Waals surface area contributed by atoms with E-state index in [0.29, 0.717) is 5.92 Å². The van der Waals surface area contributed by atoms with Gasteiger partial charge in [-0.05, 0) is 31.5 Å². The number of nitrogens with zero attached hydrogens (tertiary/aromatic N) is 1. The van der Waals surface area contributed by atoms with Crippen LogP contribution < -0.4 is 5.32 Å². The summed E-state index contributed by atoms with van der Waals surface area (Å²) in [5.41, 5.74) is 1.16. The summed E-state index contributed by atoms with van der Waals surface area (Å²) in [6, 6.07) is 6.08. The summed E-state index contributed by atoms with van der Waals surface area (Å²) in [6.07, 6.45) is 3.32. The maximum Gasteiger partial charge on any atom is 0.160 e. The van der Waals surface area contributed by atoms with Crippen LogP contribution in [-0.2, 0) is 0 Å². The zero-order chi connectivity index (χ0) is 11.7. The van der Waals surface area contributed by atoms with E-state index in [-0.39, 0.29) is 0 Å². The van der Waals surface area contributed by atoms with Crippen molar-refractivity contribution >= 4 is 27.8 Å². The average molecular weight is 246 g/mol. The number of rotatable bonds is 2. The van der Waals surface area contributed by atoms with E-state index in [0.717, 1.165) is 40.2 Å². The third-order valence-electron chi connectivity index (χ3n) is 3.25. The van der Waals surface area contributed by atoms with E-state index in [2.05, 4.69) is 22.4 Å². The Labute approximate surface area is 104 Å². The fourth-order valence-electron chi connectivity index (χ4n) is 2.34. The van der Waals surface area contributed by atoms with Crippen LogP contribution in [0, 0.1) is 0 Å². The zero-order valence-corrected chi connectivity index (χ0v) is 10.3. The molecule has 1 fully saturated rings. The van der Waals surface area contributed by atoms with E-state index < -0.39 is 0 Å². The van der Waals surface area contributed by atoms with E-state index >= 15 is 0 Å². The van der Waals surface area contributed by atoms with E-state index in [4.69, 9.17) is 0 Å². The van der Waals surface area contributed by atoms with Crippen LogP contribution >= 0.6 is 11.3 Å². The maximum atomic E-state index is 10.7. The molecule has 1 saturated heterocycles. The third-order valence-corrected chi connectivity index (χ3v) is 4.22. The highest BCUT2D eigenvalue weighted by Gasteiger charge is 2.17. The molecule has 0 radical (unpaired) electrons. The summed E-state index contributed by atoms with van der Waals surface area (Å²) < 4.78 is 0. The first kappa shape index (κ1) is 10.9. The number of aromatic nitrogens is 1. The number of hydrogen-bond acceptors (Lipinski definition) is 4. The number of carbonyl (C=O) groups excluding carboxylic acids is 1. The van der Waals surface area contributed by atoms with Crippen molar-refractivity contribution in [3.05, 3.63) is 28.8 Å². The molecule has 1 atom stereocenters. The average Bonchev–Trinajstić information content (AvgIpc) is 2.81. The summed E-state index contributed by atoms with van der Waals surface area (Å²) >= 11 is 1.48. The summed E-state index contributed by atoms with van der Waals surface area (Å²) in [7, 11) is 0. The first-order valence-electron chi connectivity index (χ1n) is 5.93. The second-order valence-electron chi connectivity index (χ2n) is 4.44. The quantitative estimate of drug-likeness (QED) is 0.828. The molecule has 88 valence electrons. The van der Waals surface area contributed by atoms with Gasteiger partial charge in [0.15, 0.2) is 6.29 Å². The molecule has 1 N–H and O–H groups in total. The molecule has 2 aromatic rings. The second kappa shape index (κ2) is 4.55. The van der Waals surface area contributed by atoms with Gasteiger partial charge in [0.1, 0.15) is 4.83 Å². The predicted octanol–water partition coefficient (Wildman–Crippen LogP) is 2.58. The SMILES string of the molecule is O=Cc1cc2ccc(C3CCCNC3)nc2s1. The Hall–Kier alpha value is -1.26. The highest BCUT2D eigenvalue weighted by molar-refractivity contribution is 7.20. The molecule has 4 heteroatoms. The van der Waals surface area contributed by atoms with Crippen LogP contribution in [0.3, 0.4) is 0 Å². The van der Waals surface area contributed by atoms with Gasteiger partial charge in [-0.25, -0.2) is 4.98 Å². The Bertz CT molecular complexity index is 543. The van der Waals surface area contributed by atoms with Crippen LogP contribution in [0.5, 0.6) is 0 Å². The molecule has 3 heterocycles. The number of fused-ring (bicyclic) bond motifs is 1. The van der Waals surface area contributed by atoms with Crippen LogP contribution in [0.4, 0.5) is 0 Å². The first-order chi connectivity index (χ1) is 8.36. The standard InChI is InChI=1S/C13H14N2OS/c16-8-11-6-9-3-4-12(15-13(9)17-11)10-2-1-5-14-7-10/h3-4,6,8,10,14H,1-2,5,7H2. The zero-order valence-electron chi connectivity index (χ0n) is 9.48. The monoisotopic (exact) mass is 246 g/mol. The number of piperidine rings is 1. The van der Waals surface area contributed by atoms with Crippen LogP contribution in [0.15, 0.2) is 18.2 Å². The van der Waals surface area contributed by atoms with E-state index in [1.807, 2.05) is 6.07 Å². The topological polar surface area (TPSA) is 42.0 Å². The minimum Gasteiger partial charge on any atom is -0.316 e. The molecule has 0 amide bonds. The van der Waals surface area contributed by atoms with Crippen molar-refractivity contribution in [2.45, 2.75) is 18.8 Å². The van der Waals surface area contributed by atoms with Crippen LogP contribution in [0.25, 0.3) is 10.2 Å². The normalized spacial score (nSPS) is 20.6. The van der Waals surface area contributed by atoms with Crippen LogP contribution in [0.1, 0.15) is 34.1 Å². The Kier molecular flexibility index (Phi) is 2.91. The van der Waals surface area contributed by atoms with Gasteiger partial charge in [-0.15, -0.1) is 11.3 Å². The van der Waals surface area contributed by atoms with Gasteiger partial charge >= 0.3 is 0 Å². The molecule has 0 saturated carbocycles. The van der Waals surface area contributed by atoms with Gasteiger partial charge < -0.3 is 5.32 Å². The lowest BCUT2D eigenvalue weighted by Gasteiger charge is -2.22. The summed E-state index contributed by atoms with van der Waals surface area (Å²) in [5, 5.41) is 4.48. The molecular formula is C13H14N2OS. The van der Waals surface area contributed by atoms with Crippen molar-refractivity contribution in [2.75, 3.05) is 13.1 Å². The summed E-state index contributed by atoms with van der Waals surface area (Å²) in [4.78, 5) is 17.2. The van der Waals surface area contributed by atoms with Gasteiger partial charge in [0.2, 0.25) is 0 Å². The Balaban J connectivity index is 1.97. The predicted molar refractivity (Wildman–Crippen MR) is 69.9 cm³/mol. The van der Waals surface area contributed by atoms with Crippen molar-refractivity contribution in [3.8, 4) is 0 Å². The fourth-order valence-corrected chi connectivity index (χ4v) is 3.19. The maximum absolute atomic E-state index is 10.7. The van der Waals surface area contributed by atoms with Gasteiger partial charge in [0.25, 0.3) is 0 Å². The molecule has 0 bridgehead atoms. The molecule has 3 nitrogen and oxygen atoms in total. The van der Waals surface area contributed by atoms with E-state index in [1.54, 1.807) is 0 Å². The van der Waals surface area contributed by atoms with Gasteiger partial charge in [-0.2, -0.15) is 0 Å². The second-order valence-corrected chi connectivity index (χ2v) is 5.50. The molecule has 1 unspecified atom stereocenters. The molecule has 0 aliphatic carbocycles. The van der Waals surface area contributed by atoms with Gasteiger partial charge in [-0.3, -0.25) is 4.79 Å². The summed E-state index contributed by atoms with van der Waals surface area (Å²) in [5.74, 6) is 0.523. The molecule has 0 aromatic carbocycles. The Morgan fingerprint density at radius 1 is 1.47 bits per heavy atom. The van der Waals surface area contributed by atoms with Gasteiger partial charge in [0, 0.05) is 23.5 Å². The van der Waals surface area contributed by atoms with Crippen molar-refractivity contribution < 1.29 is 4.79 Å². The van der Waals surface area contributed by atoms with E-state index in [1.165, 1.54) is 24.2 Å². The lowest BCUT2D eigenvalue weighted by atomic mass is 9.95. The molecule has 2 aromatic heterocycles. The fraction of sp³-hybridized carbons (Fsp3) is 0.385. The van der Waals surface area contributed by atoms with Crippen molar-refractivity contribution in [2.24, 2.45) is 0 Å². The molecule has 17 heavy (non-hydrogen) atoms. The third kappa shape index (κ3) is 2.10. The number of thiophene rings is 1. The largest absolute Gasteiger partial charge is 0.316 e. The lowest BCUT2D eigenvalue weighted by molar-refractivity contribution is 0.112. The highest BCUT2D eigenvalue weighted by Crippen LogP contribution is 2.27. The number of pyridine rings is 1. The van der Waals surface area contributed by atoms with Crippen molar-refractivity contribution in [3.63, 3.8) is 0 Å². The van der Waals surface area contributed by atoms with Crippen molar-refractivity contribution in [1.82, 2.24) is 10.3 Å². The minimum atomic E-state index is 0.523. The highest BCUT2D eigenvalue weighted by atomic mass is 32.1. The number of aldehydes is 1. The van der Waals surface area contributed by atoms with Gasteiger partial charge in [0.05, 0.1) is 4.88 Å². The summed E-state index contributed by atoms with van der Waals surface area (Å²) in [6.45, 7) is 2.14. The molecular weight excluding hydrogens is 232 g/mol. The lowest BCUT2D eigenvalue weighted by Crippen LogP contribution is -2.28. The van der Waals surface area contributed by atoms with Gasteiger partial charge in [-0.1, -0.05) is 6.07 Å². The smallest absolute Gasteiger partial charge is 0.160 e. The number of nitrogens with one attached hydrogen (secondary N) is 1. The number of carbonyl (C=O) groups is 1. The molecule has 1 aliphatic heterocycles. The Morgan fingerprint density at radius 2 is 2.41 bits per heavy atom.